The van der Waals surface area contributed by atoms with Gasteiger partial charge in [-0.2, -0.15) is 0 Å². The highest BCUT2D eigenvalue weighted by molar-refractivity contribution is 5.82. The third-order valence-corrected chi connectivity index (χ3v) is 3.43. The van der Waals surface area contributed by atoms with Crippen LogP contribution in [0.4, 0.5) is 5.95 Å². The number of anilines is 1. The fourth-order valence-corrected chi connectivity index (χ4v) is 2.47. The van der Waals surface area contributed by atoms with Gasteiger partial charge in [-0.3, -0.25) is 0 Å². The zero-order valence-corrected chi connectivity index (χ0v) is 10.2. The maximum Gasteiger partial charge on any atom is 0.220 e. The number of rotatable bonds is 2. The van der Waals surface area contributed by atoms with Gasteiger partial charge in [0.05, 0.1) is 24.3 Å². The van der Waals surface area contributed by atoms with E-state index >= 15 is 0 Å². The van der Waals surface area contributed by atoms with Crippen LogP contribution in [-0.2, 0) is 4.74 Å². The number of fused-ring (bicyclic) bond motifs is 1. The molecule has 2 heterocycles. The molecule has 0 radical (unpaired) electrons. The number of nitrogens with two attached hydrogens (primary N) is 1. The van der Waals surface area contributed by atoms with Gasteiger partial charge in [-0.25, -0.2) is 9.97 Å². The number of aromatic nitrogens is 2. The molecule has 0 amide bonds. The number of hydrogen-bond acceptors (Lipinski definition) is 6. The highest BCUT2D eigenvalue weighted by Crippen LogP contribution is 2.36. The predicted molar refractivity (Wildman–Crippen MR) is 69.3 cm³/mol. The first-order valence-corrected chi connectivity index (χ1v) is 6.14. The molecule has 4 N–H and O–H groups in total. The fourth-order valence-electron chi connectivity index (χ4n) is 2.47. The summed E-state index contributed by atoms with van der Waals surface area (Å²) in [5, 5.41) is 19.8. The molecule has 2 aromatic rings. The van der Waals surface area contributed by atoms with E-state index in [1.54, 1.807) is 6.20 Å². The van der Waals surface area contributed by atoms with E-state index in [1.165, 1.54) is 0 Å². The van der Waals surface area contributed by atoms with E-state index < -0.39 is 12.2 Å². The van der Waals surface area contributed by atoms with Crippen LogP contribution in [0.25, 0.3) is 10.9 Å². The lowest BCUT2D eigenvalue weighted by Gasteiger charge is -2.14. The lowest BCUT2D eigenvalue weighted by molar-refractivity contribution is -0.0222. The second-order valence-corrected chi connectivity index (χ2v) is 4.66. The average molecular weight is 261 g/mol. The van der Waals surface area contributed by atoms with Crippen molar-refractivity contribution >= 4 is 16.9 Å². The predicted octanol–water partition coefficient (Wildman–Crippen LogP) is 0.395. The molecule has 3 atom stereocenters. The van der Waals surface area contributed by atoms with Crippen LogP contribution < -0.4 is 5.73 Å². The summed E-state index contributed by atoms with van der Waals surface area (Å²) in [6, 6.07) is 5.64. The Labute approximate surface area is 109 Å². The van der Waals surface area contributed by atoms with Crippen LogP contribution in [0.1, 0.15) is 18.1 Å². The molecule has 0 bridgehead atoms. The van der Waals surface area contributed by atoms with Gasteiger partial charge in [0.25, 0.3) is 0 Å². The Kier molecular flexibility index (Phi) is 3.06. The summed E-state index contributed by atoms with van der Waals surface area (Å²) in [4.78, 5) is 8.16. The van der Waals surface area contributed by atoms with Gasteiger partial charge < -0.3 is 20.7 Å². The van der Waals surface area contributed by atoms with Crippen molar-refractivity contribution in [1.82, 2.24) is 9.97 Å². The maximum absolute atomic E-state index is 9.80. The second kappa shape index (κ2) is 4.73. The Balaban J connectivity index is 2.02. The first kappa shape index (κ1) is 12.3. The third kappa shape index (κ3) is 2.14. The van der Waals surface area contributed by atoms with E-state index in [0.717, 1.165) is 16.5 Å². The summed E-state index contributed by atoms with van der Waals surface area (Å²) in [6.07, 6.45) is 0.669. The van der Waals surface area contributed by atoms with Crippen LogP contribution in [0.2, 0.25) is 0 Å². The van der Waals surface area contributed by atoms with E-state index in [4.69, 9.17) is 15.6 Å². The molecule has 3 rings (SSSR count). The molecule has 1 aromatic carbocycles. The van der Waals surface area contributed by atoms with Crippen molar-refractivity contribution in [2.24, 2.45) is 0 Å². The van der Waals surface area contributed by atoms with Crippen LogP contribution in [-0.4, -0.2) is 39.0 Å². The van der Waals surface area contributed by atoms with Crippen LogP contribution in [0.15, 0.2) is 24.4 Å². The Morgan fingerprint density at radius 2 is 2.26 bits per heavy atom. The molecule has 1 aliphatic rings. The Hall–Kier alpha value is -1.76. The smallest absolute Gasteiger partial charge is 0.220 e. The first-order valence-electron chi connectivity index (χ1n) is 6.14. The molecule has 0 aliphatic carbocycles. The summed E-state index contributed by atoms with van der Waals surface area (Å²) >= 11 is 0. The first-order chi connectivity index (χ1) is 9.19. The molecule has 1 saturated heterocycles. The maximum atomic E-state index is 9.80. The number of ether oxygens (including phenoxy) is 1. The van der Waals surface area contributed by atoms with Gasteiger partial charge in [0.1, 0.15) is 6.10 Å². The largest absolute Gasteiger partial charge is 0.394 e. The summed E-state index contributed by atoms with van der Waals surface area (Å²) < 4.78 is 5.66. The van der Waals surface area contributed by atoms with Crippen molar-refractivity contribution in [3.8, 4) is 0 Å². The Bertz CT molecular complexity index is 605. The molecule has 6 nitrogen and oxygen atoms in total. The van der Waals surface area contributed by atoms with Gasteiger partial charge in [-0.05, 0) is 11.6 Å². The van der Waals surface area contributed by atoms with Gasteiger partial charge >= 0.3 is 0 Å². The number of aliphatic hydroxyl groups excluding tert-OH is 2. The van der Waals surface area contributed by atoms with Gasteiger partial charge in [0.15, 0.2) is 0 Å². The molecule has 100 valence electrons. The number of nitrogens with zero attached hydrogens (tertiary/aromatic N) is 2. The molecule has 19 heavy (non-hydrogen) atoms. The molecule has 1 aliphatic heterocycles. The van der Waals surface area contributed by atoms with Crippen molar-refractivity contribution in [1.29, 1.82) is 0 Å². The van der Waals surface area contributed by atoms with E-state index in [-0.39, 0.29) is 18.7 Å². The van der Waals surface area contributed by atoms with Crippen molar-refractivity contribution in [3.63, 3.8) is 0 Å². The SMILES string of the molecule is Nc1ncc2c([C@H]3C[C@H](O)[C@@H](CO)O3)cccc2n1. The fraction of sp³-hybridized carbons (Fsp3) is 0.385. The minimum absolute atomic E-state index is 0.189. The molecular formula is C13H15N3O3. The molecule has 0 unspecified atom stereocenters. The normalized spacial score (nSPS) is 26.9. The lowest BCUT2D eigenvalue weighted by Crippen LogP contribution is -2.24. The molecule has 6 heteroatoms. The standard InChI is InChI=1S/C13H15N3O3/c14-13-15-5-8-7(2-1-3-9(8)16-13)11-4-10(18)12(6-17)19-11/h1-3,5,10-12,17-18H,4,6H2,(H2,14,15,16)/t10-,11+,12+/m0/s1. The van der Waals surface area contributed by atoms with E-state index in [1.807, 2.05) is 18.2 Å². The van der Waals surface area contributed by atoms with Crippen LogP contribution in [0.5, 0.6) is 0 Å². The number of nitrogen functional groups attached to an aromatic ring is 1. The third-order valence-electron chi connectivity index (χ3n) is 3.43. The molecular weight excluding hydrogens is 246 g/mol. The van der Waals surface area contributed by atoms with Crippen molar-refractivity contribution < 1.29 is 14.9 Å². The topological polar surface area (TPSA) is 101 Å². The van der Waals surface area contributed by atoms with Crippen molar-refractivity contribution in [3.05, 3.63) is 30.0 Å². The van der Waals surface area contributed by atoms with E-state index in [2.05, 4.69) is 9.97 Å². The highest BCUT2D eigenvalue weighted by Gasteiger charge is 2.34. The molecule has 0 saturated carbocycles. The Morgan fingerprint density at radius 3 is 3.00 bits per heavy atom. The zero-order chi connectivity index (χ0) is 13.4. The lowest BCUT2D eigenvalue weighted by atomic mass is 10.0. The zero-order valence-electron chi connectivity index (χ0n) is 10.2. The average Bonchev–Trinajstić information content (AvgIpc) is 2.78. The molecule has 1 aromatic heterocycles. The number of benzene rings is 1. The highest BCUT2D eigenvalue weighted by atomic mass is 16.5. The summed E-state index contributed by atoms with van der Waals surface area (Å²) in [7, 11) is 0. The summed E-state index contributed by atoms with van der Waals surface area (Å²) in [5.41, 5.74) is 7.22. The number of aliphatic hydroxyl groups is 2. The van der Waals surface area contributed by atoms with Crippen LogP contribution >= 0.6 is 0 Å². The Morgan fingerprint density at radius 1 is 1.42 bits per heavy atom. The van der Waals surface area contributed by atoms with Crippen LogP contribution in [0, 0.1) is 0 Å². The van der Waals surface area contributed by atoms with Gasteiger partial charge in [0.2, 0.25) is 5.95 Å². The van der Waals surface area contributed by atoms with Gasteiger partial charge in [-0.1, -0.05) is 12.1 Å². The monoisotopic (exact) mass is 261 g/mol. The molecule has 1 fully saturated rings. The molecule has 0 spiro atoms. The summed E-state index contributed by atoms with van der Waals surface area (Å²) in [5.74, 6) is 0.227. The quantitative estimate of drug-likeness (QED) is 0.723. The van der Waals surface area contributed by atoms with Gasteiger partial charge in [-0.15, -0.1) is 0 Å². The van der Waals surface area contributed by atoms with E-state index in [0.29, 0.717) is 6.42 Å². The van der Waals surface area contributed by atoms with Crippen molar-refractivity contribution in [2.45, 2.75) is 24.7 Å². The minimum atomic E-state index is -0.653. The van der Waals surface area contributed by atoms with Crippen LogP contribution in [0.3, 0.4) is 0 Å². The van der Waals surface area contributed by atoms with Crippen molar-refractivity contribution in [2.75, 3.05) is 12.3 Å². The second-order valence-electron chi connectivity index (χ2n) is 4.66. The number of hydrogen-bond donors (Lipinski definition) is 3. The van der Waals surface area contributed by atoms with E-state index in [9.17, 15) is 5.11 Å². The van der Waals surface area contributed by atoms with Gasteiger partial charge in [0, 0.05) is 18.0 Å². The minimum Gasteiger partial charge on any atom is -0.394 e. The summed E-state index contributed by atoms with van der Waals surface area (Å²) in [6.45, 7) is -0.189.